The first-order valence-corrected chi connectivity index (χ1v) is 13.3. The first-order valence-electron chi connectivity index (χ1n) is 13.3. The van der Waals surface area contributed by atoms with Gasteiger partial charge in [-0.1, -0.05) is 0 Å². The first kappa shape index (κ1) is 25.1. The monoisotopic (exact) mass is 530 g/mol. The molecule has 39 heavy (non-hydrogen) atoms. The Kier molecular flexibility index (Phi) is 6.97. The fraction of sp³-hybridized carbons (Fsp3) is 0.357. The predicted molar refractivity (Wildman–Crippen MR) is 146 cm³/mol. The van der Waals surface area contributed by atoms with Crippen LogP contribution >= 0.6 is 0 Å². The number of aromatic nitrogens is 5. The molecule has 3 heterocycles. The summed E-state index contributed by atoms with van der Waals surface area (Å²) in [5.41, 5.74) is 10.8. The van der Waals surface area contributed by atoms with Crippen LogP contribution in [0.5, 0.6) is 11.5 Å². The molecule has 0 atom stereocenters. The maximum atomic E-state index is 14.7. The Labute approximate surface area is 226 Å². The third-order valence-electron chi connectivity index (χ3n) is 7.22. The van der Waals surface area contributed by atoms with E-state index in [1.54, 1.807) is 19.2 Å². The van der Waals surface area contributed by atoms with Gasteiger partial charge in [0.1, 0.15) is 12.4 Å². The van der Waals surface area contributed by atoms with Crippen LogP contribution in [0.25, 0.3) is 17.1 Å². The van der Waals surface area contributed by atoms with Crippen LogP contribution in [0.15, 0.2) is 42.5 Å². The van der Waals surface area contributed by atoms with Crippen LogP contribution < -0.4 is 20.5 Å². The molecule has 202 valence electrons. The average molecular weight is 531 g/mol. The molecule has 4 aromatic rings. The molecule has 1 aliphatic heterocycles. The van der Waals surface area contributed by atoms with Crippen LogP contribution in [0.2, 0.25) is 0 Å². The Bertz CT molecular complexity index is 1480. The predicted octanol–water partition coefficient (Wildman–Crippen LogP) is 4.16. The summed E-state index contributed by atoms with van der Waals surface area (Å²) >= 11 is 0. The summed E-state index contributed by atoms with van der Waals surface area (Å²) in [7, 11) is 1.67. The molecule has 6 rings (SSSR count). The zero-order valence-electron chi connectivity index (χ0n) is 21.9. The van der Waals surface area contributed by atoms with Crippen molar-refractivity contribution in [3.63, 3.8) is 0 Å². The van der Waals surface area contributed by atoms with Crippen molar-refractivity contribution in [3.05, 3.63) is 59.4 Å². The summed E-state index contributed by atoms with van der Waals surface area (Å²) in [6, 6.07) is 12.7. The second-order valence-corrected chi connectivity index (χ2v) is 9.83. The highest BCUT2D eigenvalue weighted by molar-refractivity contribution is 5.69. The number of nitrogens with two attached hydrogens (primary N) is 1. The third kappa shape index (κ3) is 5.35. The Morgan fingerprint density at radius 3 is 2.67 bits per heavy atom. The largest absolute Gasteiger partial charge is 0.497 e. The number of hydrogen-bond donors (Lipinski definition) is 2. The van der Waals surface area contributed by atoms with Crippen molar-refractivity contribution in [2.24, 2.45) is 0 Å². The maximum absolute atomic E-state index is 14.7. The number of aryl methyl sites for hydroxylation is 2. The molecule has 1 saturated heterocycles. The van der Waals surface area contributed by atoms with Crippen molar-refractivity contribution in [3.8, 4) is 28.6 Å². The van der Waals surface area contributed by atoms with Crippen molar-refractivity contribution in [2.75, 3.05) is 44.4 Å². The van der Waals surface area contributed by atoms with Crippen molar-refractivity contribution in [1.29, 1.82) is 0 Å². The van der Waals surface area contributed by atoms with Crippen molar-refractivity contribution >= 4 is 17.6 Å². The molecule has 11 heteroatoms. The van der Waals surface area contributed by atoms with Gasteiger partial charge in [0.05, 0.1) is 12.8 Å². The fourth-order valence-electron chi connectivity index (χ4n) is 5.21. The highest BCUT2D eigenvalue weighted by atomic mass is 19.1. The van der Waals surface area contributed by atoms with Crippen LogP contribution in [-0.2, 0) is 12.8 Å². The molecule has 10 nitrogen and oxygen atoms in total. The van der Waals surface area contributed by atoms with Crippen LogP contribution in [0, 0.1) is 5.82 Å². The summed E-state index contributed by atoms with van der Waals surface area (Å²) in [5.74, 6) is 1.44. The molecule has 1 fully saturated rings. The first-order chi connectivity index (χ1) is 19.1. The third-order valence-corrected chi connectivity index (χ3v) is 7.22. The van der Waals surface area contributed by atoms with Crippen molar-refractivity contribution < 1.29 is 13.9 Å². The molecule has 0 saturated carbocycles. The number of nitrogen functional groups attached to an aromatic ring is 1. The summed E-state index contributed by atoms with van der Waals surface area (Å²) in [6.45, 7) is 3.41. The number of nitrogens with zero attached hydrogens (tertiary/aromatic N) is 6. The molecular formula is C28H31FN8O2. The number of likely N-dealkylation sites (tertiary alicyclic amines) is 1. The Morgan fingerprint density at radius 2 is 1.85 bits per heavy atom. The van der Waals surface area contributed by atoms with Gasteiger partial charge < -0.3 is 20.5 Å². The Hall–Kier alpha value is -4.25. The van der Waals surface area contributed by atoms with Gasteiger partial charge in [-0.05, 0) is 92.7 Å². The number of benzene rings is 2. The highest BCUT2D eigenvalue weighted by Crippen LogP contribution is 2.33. The van der Waals surface area contributed by atoms with Gasteiger partial charge in [0, 0.05) is 23.9 Å². The summed E-state index contributed by atoms with van der Waals surface area (Å²) in [6.07, 6.45) is 5.18. The average Bonchev–Trinajstić information content (AvgIpc) is 3.55. The smallest absolute Gasteiger partial charge is 0.248 e. The topological polar surface area (TPSA) is 116 Å². The van der Waals surface area contributed by atoms with Crippen molar-refractivity contribution in [1.82, 2.24) is 29.9 Å². The van der Waals surface area contributed by atoms with Crippen molar-refractivity contribution in [2.45, 2.75) is 32.1 Å². The molecule has 3 N–H and O–H groups in total. The molecule has 2 aromatic carbocycles. The zero-order chi connectivity index (χ0) is 26.8. The van der Waals surface area contributed by atoms with Gasteiger partial charge in [-0.3, -0.25) is 4.90 Å². The Balaban J connectivity index is 1.17. The SMILES string of the molecule is COc1ccc2c(c1)CCCc1cc(-n3nc(Nc4ccc(OCCN5CCCC5)c(F)c4)nc3N)nnc1-2. The van der Waals surface area contributed by atoms with E-state index in [2.05, 4.69) is 36.6 Å². The van der Waals surface area contributed by atoms with E-state index in [9.17, 15) is 4.39 Å². The maximum Gasteiger partial charge on any atom is 0.248 e. The van der Waals surface area contributed by atoms with E-state index < -0.39 is 5.82 Å². The van der Waals surface area contributed by atoms with E-state index in [0.717, 1.165) is 61.5 Å². The number of ether oxygens (including phenoxy) is 2. The van der Waals surface area contributed by atoms with Gasteiger partial charge in [-0.25, -0.2) is 4.39 Å². The molecule has 2 aliphatic rings. The molecule has 0 unspecified atom stereocenters. The quantitative estimate of drug-likeness (QED) is 0.346. The van der Waals surface area contributed by atoms with E-state index >= 15 is 0 Å². The summed E-state index contributed by atoms with van der Waals surface area (Å²) < 4.78 is 27.1. The minimum atomic E-state index is -0.455. The molecule has 0 amide bonds. The lowest BCUT2D eigenvalue weighted by Gasteiger charge is -2.15. The molecule has 0 spiro atoms. The number of rotatable bonds is 8. The summed E-state index contributed by atoms with van der Waals surface area (Å²) in [4.78, 5) is 6.62. The standard InChI is InChI=1S/C28H31FN8O2/c1-38-21-8-9-22-18(15-21)5-4-6-19-16-25(33-34-26(19)22)37-27(30)32-28(35-37)31-20-7-10-24(23(29)17-20)39-14-13-36-11-2-3-12-36/h7-10,15-17H,2-6,11-14H2,1H3,(H3,30,31,32,35). The minimum Gasteiger partial charge on any atom is -0.497 e. The molecule has 1 aliphatic carbocycles. The molecule has 2 aromatic heterocycles. The second kappa shape index (κ2) is 10.9. The number of hydrogen-bond acceptors (Lipinski definition) is 9. The fourth-order valence-corrected chi connectivity index (χ4v) is 5.21. The molecule has 0 bridgehead atoms. The minimum absolute atomic E-state index is 0.146. The van der Waals surface area contributed by atoms with Gasteiger partial charge in [0.25, 0.3) is 0 Å². The number of halogens is 1. The van der Waals surface area contributed by atoms with Gasteiger partial charge in [0.15, 0.2) is 17.4 Å². The zero-order valence-corrected chi connectivity index (χ0v) is 21.9. The summed E-state index contributed by atoms with van der Waals surface area (Å²) in [5, 5.41) is 16.4. The number of methoxy groups -OCH3 is 1. The Morgan fingerprint density at radius 1 is 1.00 bits per heavy atom. The van der Waals surface area contributed by atoms with E-state index in [0.29, 0.717) is 18.1 Å². The van der Waals surface area contributed by atoms with Crippen LogP contribution in [-0.4, -0.2) is 63.2 Å². The molecule has 0 radical (unpaired) electrons. The molecular weight excluding hydrogens is 499 g/mol. The van der Waals surface area contributed by atoms with Crippen LogP contribution in [0.1, 0.15) is 30.4 Å². The lowest BCUT2D eigenvalue weighted by Crippen LogP contribution is -2.25. The van der Waals surface area contributed by atoms with Gasteiger partial charge in [0.2, 0.25) is 11.9 Å². The van der Waals surface area contributed by atoms with Gasteiger partial charge in [-0.2, -0.15) is 9.67 Å². The lowest BCUT2D eigenvalue weighted by atomic mass is 10.0. The van der Waals surface area contributed by atoms with E-state index in [1.807, 2.05) is 18.2 Å². The lowest BCUT2D eigenvalue weighted by molar-refractivity contribution is 0.231. The van der Waals surface area contributed by atoms with Gasteiger partial charge >= 0.3 is 0 Å². The van der Waals surface area contributed by atoms with E-state index in [4.69, 9.17) is 15.2 Å². The second-order valence-electron chi connectivity index (χ2n) is 9.83. The van der Waals surface area contributed by atoms with E-state index in [1.165, 1.54) is 29.2 Å². The van der Waals surface area contributed by atoms with Crippen LogP contribution in [0.4, 0.5) is 22.0 Å². The number of anilines is 3. The normalized spacial score (nSPS) is 14.9. The van der Waals surface area contributed by atoms with Gasteiger partial charge in [-0.15, -0.1) is 15.3 Å². The number of nitrogens with one attached hydrogen (secondary N) is 1. The highest BCUT2D eigenvalue weighted by Gasteiger charge is 2.20. The number of fused-ring (bicyclic) bond motifs is 3. The van der Waals surface area contributed by atoms with E-state index in [-0.39, 0.29) is 17.6 Å². The van der Waals surface area contributed by atoms with Crippen LogP contribution in [0.3, 0.4) is 0 Å².